The van der Waals surface area contributed by atoms with Crippen LogP contribution in [0.4, 0.5) is 50.9 Å². The Kier molecular flexibility index (Phi) is 8.37. The maximum absolute atomic E-state index is 15.7. The van der Waals surface area contributed by atoms with E-state index in [2.05, 4.69) is 20.9 Å². The van der Waals surface area contributed by atoms with Gasteiger partial charge < -0.3 is 10.2 Å². The quantitative estimate of drug-likeness (QED) is 0.204. The van der Waals surface area contributed by atoms with Gasteiger partial charge in [0.25, 0.3) is 11.8 Å². The lowest BCUT2D eigenvalue weighted by Crippen LogP contribution is -2.35. The van der Waals surface area contributed by atoms with Crippen molar-refractivity contribution in [1.29, 1.82) is 0 Å². The van der Waals surface area contributed by atoms with Crippen molar-refractivity contribution in [1.82, 2.24) is 4.98 Å². The van der Waals surface area contributed by atoms with E-state index in [0.29, 0.717) is 18.9 Å². The predicted octanol–water partition coefficient (Wildman–Crippen LogP) is 8.20. The number of carbonyl (C=O) groups excluding carboxylic acids is 2. The summed E-state index contributed by atoms with van der Waals surface area (Å²) in [6.07, 6.45) is -8.47. The van der Waals surface area contributed by atoms with Gasteiger partial charge in [-0.2, -0.15) is 30.7 Å². The second-order valence-electron chi connectivity index (χ2n) is 9.70. The third-order valence-corrected chi connectivity index (χ3v) is 7.20. The number of hydrogen-bond donors (Lipinski definition) is 1. The number of halogens is 10. The van der Waals surface area contributed by atoms with E-state index in [0.717, 1.165) is 35.4 Å². The highest BCUT2D eigenvalue weighted by Crippen LogP contribution is 2.47. The van der Waals surface area contributed by atoms with Gasteiger partial charge in [-0.15, -0.1) is 0 Å². The van der Waals surface area contributed by atoms with E-state index in [1.165, 1.54) is 6.07 Å². The summed E-state index contributed by atoms with van der Waals surface area (Å²) in [4.78, 5) is 30.6. The second-order valence-corrected chi connectivity index (χ2v) is 10.6. The zero-order chi connectivity index (χ0) is 31.2. The summed E-state index contributed by atoms with van der Waals surface area (Å²) in [5, 5.41) is 1.84. The van der Waals surface area contributed by atoms with Gasteiger partial charge in [0.2, 0.25) is 11.6 Å². The van der Waals surface area contributed by atoms with Crippen molar-refractivity contribution < 1.29 is 49.1 Å². The average Bonchev–Trinajstić information content (AvgIpc) is 3.71. The van der Waals surface area contributed by atoms with Gasteiger partial charge in [0.15, 0.2) is 5.82 Å². The molecule has 1 aromatic heterocycles. The van der Waals surface area contributed by atoms with E-state index >= 15 is 4.39 Å². The fraction of sp³-hybridized carbons (Fsp3) is 0.296. The third kappa shape index (κ3) is 6.40. The molecular weight excluding hydrogens is 649 g/mol. The Balaban J connectivity index is 1.73. The molecule has 0 radical (unpaired) electrons. The van der Waals surface area contributed by atoms with Gasteiger partial charge in [0.1, 0.15) is 0 Å². The molecule has 1 aliphatic carbocycles. The molecule has 1 saturated carbocycles. The van der Waals surface area contributed by atoms with Crippen molar-refractivity contribution >= 4 is 39.1 Å². The largest absolute Gasteiger partial charge is 0.426 e. The summed E-state index contributed by atoms with van der Waals surface area (Å²) in [6, 6.07) is 5.58. The molecule has 2 amide bonds. The number of pyridine rings is 1. The zero-order valence-electron chi connectivity index (χ0n) is 21.3. The van der Waals surface area contributed by atoms with E-state index in [4.69, 9.17) is 0 Å². The molecule has 2 aromatic carbocycles. The first kappa shape index (κ1) is 31.3. The molecule has 42 heavy (non-hydrogen) atoms. The van der Waals surface area contributed by atoms with Crippen LogP contribution in [0.3, 0.4) is 0 Å². The standard InChI is InChI=1S/C27H19BrF9N3O2/c1-25(31,27(35,36)37)15-10-17(26(32,33)34)22(18(28)11-15)39-23(41)16-3-2-4-19(21(16)30)40(12-13-5-6-13)24(42)14-7-8-38-20(29)9-14/h2-4,7-11,13H,5-6,12H2,1H3,(H,39,41). The minimum absolute atomic E-state index is 0.00277. The predicted molar refractivity (Wildman–Crippen MR) is 137 cm³/mol. The van der Waals surface area contributed by atoms with Gasteiger partial charge >= 0.3 is 12.4 Å². The van der Waals surface area contributed by atoms with Crippen LogP contribution in [0.15, 0.2) is 53.1 Å². The fourth-order valence-corrected chi connectivity index (χ4v) is 4.58. The minimum atomic E-state index is -5.56. The summed E-state index contributed by atoms with van der Waals surface area (Å²) in [7, 11) is 0. The maximum atomic E-state index is 15.7. The normalized spacial score (nSPS) is 15.2. The molecule has 1 unspecified atom stereocenters. The first-order chi connectivity index (χ1) is 19.4. The number of aromatic nitrogens is 1. The second kappa shape index (κ2) is 11.2. The first-order valence-corrected chi connectivity index (χ1v) is 12.9. The molecule has 1 N–H and O–H groups in total. The molecule has 15 heteroatoms. The highest BCUT2D eigenvalue weighted by atomic mass is 79.9. The van der Waals surface area contributed by atoms with E-state index in [1.807, 2.05) is 5.32 Å². The van der Waals surface area contributed by atoms with Crippen molar-refractivity contribution in [3.63, 3.8) is 0 Å². The Morgan fingerprint density at radius 2 is 1.69 bits per heavy atom. The van der Waals surface area contributed by atoms with Crippen molar-refractivity contribution in [2.75, 3.05) is 16.8 Å². The van der Waals surface area contributed by atoms with E-state index < -0.39 is 74.1 Å². The smallest absolute Gasteiger partial charge is 0.320 e. The highest BCUT2D eigenvalue weighted by Gasteiger charge is 2.54. The number of hydrogen-bond acceptors (Lipinski definition) is 3. The Bertz CT molecular complexity index is 1540. The zero-order valence-corrected chi connectivity index (χ0v) is 22.9. The number of rotatable bonds is 7. The summed E-state index contributed by atoms with van der Waals surface area (Å²) < 4.78 is 124. The number of carbonyl (C=O) groups is 2. The Hall–Kier alpha value is -3.62. The molecule has 0 spiro atoms. The van der Waals surface area contributed by atoms with Crippen molar-refractivity contribution in [3.8, 4) is 0 Å². The van der Waals surface area contributed by atoms with Crippen LogP contribution in [-0.4, -0.2) is 29.5 Å². The number of nitrogens with zero attached hydrogens (tertiary/aromatic N) is 2. The number of nitrogens with one attached hydrogen (secondary N) is 1. The van der Waals surface area contributed by atoms with Gasteiger partial charge in [-0.25, -0.2) is 13.8 Å². The van der Waals surface area contributed by atoms with Crippen LogP contribution >= 0.6 is 15.9 Å². The van der Waals surface area contributed by atoms with Crippen molar-refractivity contribution in [2.45, 2.75) is 37.8 Å². The first-order valence-electron chi connectivity index (χ1n) is 12.1. The molecule has 1 atom stereocenters. The van der Waals surface area contributed by atoms with E-state index in [9.17, 15) is 44.7 Å². The van der Waals surface area contributed by atoms with Crippen LogP contribution in [0.5, 0.6) is 0 Å². The lowest BCUT2D eigenvalue weighted by atomic mass is 9.94. The molecule has 3 aromatic rings. The molecule has 1 aliphatic rings. The molecule has 1 heterocycles. The summed E-state index contributed by atoms with van der Waals surface area (Å²) in [5.74, 6) is -4.55. The third-order valence-electron chi connectivity index (χ3n) is 6.58. The van der Waals surface area contributed by atoms with Crippen LogP contribution in [0.1, 0.15) is 51.6 Å². The summed E-state index contributed by atoms with van der Waals surface area (Å²) >= 11 is 2.66. The maximum Gasteiger partial charge on any atom is 0.426 e. The number of amides is 2. The van der Waals surface area contributed by atoms with Gasteiger partial charge in [-0.1, -0.05) is 6.07 Å². The molecule has 224 valence electrons. The number of benzene rings is 2. The summed E-state index contributed by atoms with van der Waals surface area (Å²) in [6.45, 7) is 0.0419. The van der Waals surface area contributed by atoms with Crippen molar-refractivity contribution in [3.05, 3.63) is 87.2 Å². The monoisotopic (exact) mass is 667 g/mol. The lowest BCUT2D eigenvalue weighted by molar-refractivity contribution is -0.228. The van der Waals surface area contributed by atoms with E-state index in [-0.39, 0.29) is 31.0 Å². The minimum Gasteiger partial charge on any atom is -0.320 e. The molecule has 0 bridgehead atoms. The Morgan fingerprint density at radius 3 is 2.26 bits per heavy atom. The average molecular weight is 668 g/mol. The van der Waals surface area contributed by atoms with Gasteiger partial charge in [-0.05, 0) is 77.5 Å². The van der Waals surface area contributed by atoms with Crippen molar-refractivity contribution in [2.24, 2.45) is 5.92 Å². The summed E-state index contributed by atoms with van der Waals surface area (Å²) in [5.41, 5.74) is -9.87. The highest BCUT2D eigenvalue weighted by molar-refractivity contribution is 9.10. The van der Waals surface area contributed by atoms with Gasteiger partial charge in [0.05, 0.1) is 22.5 Å². The van der Waals surface area contributed by atoms with Crippen LogP contribution < -0.4 is 10.2 Å². The molecule has 0 saturated heterocycles. The van der Waals surface area contributed by atoms with Gasteiger partial charge in [0, 0.05) is 28.8 Å². The Morgan fingerprint density at radius 1 is 1.02 bits per heavy atom. The van der Waals surface area contributed by atoms with Crippen LogP contribution in [-0.2, 0) is 11.8 Å². The van der Waals surface area contributed by atoms with Gasteiger partial charge in [-0.3, -0.25) is 9.59 Å². The number of anilines is 2. The molecule has 5 nitrogen and oxygen atoms in total. The molecule has 4 rings (SSSR count). The Labute approximate surface area is 240 Å². The molecule has 0 aliphatic heterocycles. The fourth-order valence-electron chi connectivity index (χ4n) is 4.02. The molecule has 1 fully saturated rings. The van der Waals surface area contributed by atoms with Crippen LogP contribution in [0.25, 0.3) is 0 Å². The SMILES string of the molecule is CC(F)(c1cc(Br)c(NC(=O)c2cccc(N(CC3CC3)C(=O)c3ccnc(F)c3)c2F)c(C(F)(F)F)c1)C(F)(F)F. The lowest BCUT2D eigenvalue weighted by Gasteiger charge is -2.26. The molecular formula is C27H19BrF9N3O2. The number of alkyl halides is 7. The van der Waals surface area contributed by atoms with Crippen LogP contribution in [0.2, 0.25) is 0 Å². The topological polar surface area (TPSA) is 62.3 Å². The van der Waals surface area contributed by atoms with Crippen LogP contribution in [0, 0.1) is 17.7 Å². The van der Waals surface area contributed by atoms with E-state index in [1.54, 1.807) is 0 Å².